The Hall–Kier alpha value is -2.95. The molecular weight excluding hydrogens is 424 g/mol. The van der Waals surface area contributed by atoms with E-state index in [4.69, 9.17) is 0 Å². The molecule has 4 rings (SSSR count). The van der Waals surface area contributed by atoms with Crippen LogP contribution in [0.1, 0.15) is 36.6 Å². The monoisotopic (exact) mass is 440 g/mol. The van der Waals surface area contributed by atoms with Crippen LogP contribution in [0.15, 0.2) is 35.7 Å². The number of alkyl halides is 4. The molecule has 158 valence electrons. The zero-order chi connectivity index (χ0) is 21.3. The van der Waals surface area contributed by atoms with Crippen molar-refractivity contribution < 1.29 is 27.1 Å². The lowest BCUT2D eigenvalue weighted by Gasteiger charge is -2.06. The summed E-state index contributed by atoms with van der Waals surface area (Å²) in [6.45, 7) is -3.25. The number of halogens is 4. The maximum Gasteiger partial charge on any atom is 0.387 e. The SMILES string of the molecule is O=C(Cn1nc(C2CC2)cc1C(F)F)Nc1nc(-c2ccc(OC(F)F)cc2)cs1. The van der Waals surface area contributed by atoms with Gasteiger partial charge in [-0.2, -0.15) is 13.9 Å². The number of anilines is 1. The second-order valence-electron chi connectivity index (χ2n) is 6.72. The fraction of sp³-hybridized carbons (Fsp3) is 0.316. The highest BCUT2D eigenvalue weighted by Crippen LogP contribution is 2.40. The predicted octanol–water partition coefficient (Wildman–Crippen LogP) is 5.06. The predicted molar refractivity (Wildman–Crippen MR) is 102 cm³/mol. The Bertz CT molecular complexity index is 1030. The molecule has 1 saturated carbocycles. The van der Waals surface area contributed by atoms with Crippen LogP contribution >= 0.6 is 11.3 Å². The van der Waals surface area contributed by atoms with E-state index in [1.807, 2.05) is 0 Å². The molecule has 0 unspecified atom stereocenters. The van der Waals surface area contributed by atoms with E-state index in [0.717, 1.165) is 28.9 Å². The van der Waals surface area contributed by atoms with Gasteiger partial charge in [0.05, 0.1) is 11.4 Å². The molecule has 1 aliphatic rings. The van der Waals surface area contributed by atoms with Gasteiger partial charge in [-0.15, -0.1) is 11.3 Å². The highest BCUT2D eigenvalue weighted by atomic mass is 32.1. The number of hydrogen-bond acceptors (Lipinski definition) is 5. The summed E-state index contributed by atoms with van der Waals surface area (Å²) < 4.78 is 56.2. The van der Waals surface area contributed by atoms with Gasteiger partial charge in [0.2, 0.25) is 5.91 Å². The largest absolute Gasteiger partial charge is 0.435 e. The maximum absolute atomic E-state index is 13.2. The number of hydrogen-bond donors (Lipinski definition) is 1. The molecule has 0 spiro atoms. The summed E-state index contributed by atoms with van der Waals surface area (Å²) in [7, 11) is 0. The van der Waals surface area contributed by atoms with E-state index in [2.05, 4.69) is 20.1 Å². The Balaban J connectivity index is 1.41. The number of amides is 1. The van der Waals surface area contributed by atoms with Crippen molar-refractivity contribution in [2.45, 2.75) is 38.3 Å². The van der Waals surface area contributed by atoms with Gasteiger partial charge in [0.1, 0.15) is 18.0 Å². The lowest BCUT2D eigenvalue weighted by atomic mass is 10.2. The summed E-state index contributed by atoms with van der Waals surface area (Å²) in [4.78, 5) is 16.6. The van der Waals surface area contributed by atoms with Crippen LogP contribution in [0.3, 0.4) is 0 Å². The molecule has 3 aromatic rings. The van der Waals surface area contributed by atoms with Crippen LogP contribution in [0.4, 0.5) is 22.7 Å². The molecule has 1 aliphatic carbocycles. The summed E-state index contributed by atoms with van der Waals surface area (Å²) in [5.74, 6) is -0.299. The van der Waals surface area contributed by atoms with Crippen molar-refractivity contribution in [3.8, 4) is 17.0 Å². The fourth-order valence-corrected chi connectivity index (χ4v) is 3.63. The van der Waals surface area contributed by atoms with Crippen molar-refractivity contribution in [2.75, 3.05) is 5.32 Å². The number of aromatic nitrogens is 3. The van der Waals surface area contributed by atoms with E-state index >= 15 is 0 Å². The van der Waals surface area contributed by atoms with Crippen molar-refractivity contribution in [3.05, 3.63) is 47.1 Å². The summed E-state index contributed by atoms with van der Waals surface area (Å²) in [5.41, 5.74) is 1.49. The van der Waals surface area contributed by atoms with Crippen molar-refractivity contribution in [1.82, 2.24) is 14.8 Å². The Morgan fingerprint density at radius 1 is 1.23 bits per heavy atom. The molecule has 1 N–H and O–H groups in total. The normalized spacial score (nSPS) is 13.8. The minimum atomic E-state index is -2.90. The smallest absolute Gasteiger partial charge is 0.387 e. The number of benzene rings is 1. The van der Waals surface area contributed by atoms with Crippen LogP contribution in [0, 0.1) is 0 Å². The molecule has 11 heteroatoms. The molecule has 30 heavy (non-hydrogen) atoms. The number of thiazole rings is 1. The van der Waals surface area contributed by atoms with Gasteiger partial charge in [-0.1, -0.05) is 0 Å². The molecular formula is C19H16F4N4O2S. The van der Waals surface area contributed by atoms with Crippen LogP contribution in [0.5, 0.6) is 5.75 Å². The third-order valence-electron chi connectivity index (χ3n) is 4.47. The summed E-state index contributed by atoms with van der Waals surface area (Å²) in [6, 6.07) is 7.27. The molecule has 2 heterocycles. The number of nitrogens with one attached hydrogen (secondary N) is 1. The standard InChI is InChI=1S/C19H16F4N4O2S/c20-17(21)15-7-13(10-1-2-10)26-27(15)8-16(28)25-19-24-14(9-30-19)11-3-5-12(6-4-11)29-18(22)23/h3-7,9-10,17-18H,1-2,8H2,(H,24,25,28). The first-order chi connectivity index (χ1) is 14.4. The zero-order valence-corrected chi connectivity index (χ0v) is 16.2. The van der Waals surface area contributed by atoms with Gasteiger partial charge >= 0.3 is 6.61 Å². The fourth-order valence-electron chi connectivity index (χ4n) is 2.90. The number of carbonyl (C=O) groups excluding carboxylic acids is 1. The van der Waals surface area contributed by atoms with Crippen LogP contribution in [0.2, 0.25) is 0 Å². The van der Waals surface area contributed by atoms with E-state index in [0.29, 0.717) is 17.0 Å². The first-order valence-electron chi connectivity index (χ1n) is 9.05. The van der Waals surface area contributed by atoms with Crippen molar-refractivity contribution >= 4 is 22.4 Å². The zero-order valence-electron chi connectivity index (χ0n) is 15.4. The lowest BCUT2D eigenvalue weighted by Crippen LogP contribution is -2.21. The molecule has 0 saturated heterocycles. The Labute approximate surface area is 172 Å². The molecule has 0 aliphatic heterocycles. The average molecular weight is 440 g/mol. The van der Waals surface area contributed by atoms with Crippen molar-refractivity contribution in [3.63, 3.8) is 0 Å². The second kappa shape index (κ2) is 8.42. The first-order valence-corrected chi connectivity index (χ1v) is 9.93. The molecule has 2 aromatic heterocycles. The lowest BCUT2D eigenvalue weighted by molar-refractivity contribution is -0.117. The summed E-state index contributed by atoms with van der Waals surface area (Å²) in [6.07, 6.45) is -0.882. The van der Waals surface area contributed by atoms with Crippen LogP contribution < -0.4 is 10.1 Å². The van der Waals surface area contributed by atoms with E-state index in [1.165, 1.54) is 18.2 Å². The molecule has 1 amide bonds. The Morgan fingerprint density at radius 3 is 2.60 bits per heavy atom. The van der Waals surface area contributed by atoms with Gasteiger partial charge < -0.3 is 10.1 Å². The number of rotatable bonds is 8. The van der Waals surface area contributed by atoms with Crippen molar-refractivity contribution in [2.24, 2.45) is 0 Å². The number of ether oxygens (including phenoxy) is 1. The second-order valence-corrected chi connectivity index (χ2v) is 7.57. The number of nitrogens with zero attached hydrogens (tertiary/aromatic N) is 3. The summed E-state index contributed by atoms with van der Waals surface area (Å²) >= 11 is 1.16. The van der Waals surface area contributed by atoms with Gasteiger partial charge in [0.15, 0.2) is 5.13 Å². The topological polar surface area (TPSA) is 69.0 Å². The average Bonchev–Trinajstić information content (AvgIpc) is 3.29. The quantitative estimate of drug-likeness (QED) is 0.497. The molecule has 0 bridgehead atoms. The van der Waals surface area contributed by atoms with Crippen LogP contribution in [0.25, 0.3) is 11.3 Å². The highest BCUT2D eigenvalue weighted by molar-refractivity contribution is 7.14. The van der Waals surface area contributed by atoms with E-state index in [-0.39, 0.29) is 29.0 Å². The van der Waals surface area contributed by atoms with Gasteiger partial charge in [-0.3, -0.25) is 9.48 Å². The Morgan fingerprint density at radius 2 is 1.97 bits per heavy atom. The molecule has 1 aromatic carbocycles. The van der Waals surface area contributed by atoms with Gasteiger partial charge in [-0.25, -0.2) is 13.8 Å². The molecule has 1 fully saturated rings. The Kier molecular flexibility index (Phi) is 5.71. The third kappa shape index (κ3) is 4.78. The van der Waals surface area contributed by atoms with Crippen LogP contribution in [-0.4, -0.2) is 27.3 Å². The molecule has 0 radical (unpaired) electrons. The van der Waals surface area contributed by atoms with E-state index in [9.17, 15) is 22.4 Å². The minimum Gasteiger partial charge on any atom is -0.435 e. The highest BCUT2D eigenvalue weighted by Gasteiger charge is 2.29. The van der Waals surface area contributed by atoms with Crippen molar-refractivity contribution in [1.29, 1.82) is 0 Å². The van der Waals surface area contributed by atoms with E-state index < -0.39 is 18.9 Å². The van der Waals surface area contributed by atoms with Gasteiger partial charge in [0, 0.05) is 16.9 Å². The first kappa shape index (κ1) is 20.3. The van der Waals surface area contributed by atoms with Crippen LogP contribution in [-0.2, 0) is 11.3 Å². The van der Waals surface area contributed by atoms with E-state index in [1.54, 1.807) is 17.5 Å². The summed E-state index contributed by atoms with van der Waals surface area (Å²) in [5, 5.41) is 8.70. The number of carbonyl (C=O) groups is 1. The van der Waals surface area contributed by atoms with Gasteiger partial charge in [-0.05, 0) is 43.2 Å². The molecule has 0 atom stereocenters. The maximum atomic E-state index is 13.2. The third-order valence-corrected chi connectivity index (χ3v) is 5.23. The minimum absolute atomic E-state index is 0.0251. The van der Waals surface area contributed by atoms with Gasteiger partial charge in [0.25, 0.3) is 6.43 Å². The molecule has 6 nitrogen and oxygen atoms in total.